The second-order valence-electron chi connectivity index (χ2n) is 6.50. The van der Waals surface area contributed by atoms with Gasteiger partial charge in [0.1, 0.15) is 5.75 Å². The molecule has 2 rings (SSSR count). The predicted molar refractivity (Wildman–Crippen MR) is 97.7 cm³/mol. The van der Waals surface area contributed by atoms with Crippen molar-refractivity contribution in [1.29, 1.82) is 0 Å². The topological polar surface area (TPSA) is 79.0 Å². The van der Waals surface area contributed by atoms with E-state index in [1.807, 2.05) is 26.0 Å². The van der Waals surface area contributed by atoms with Crippen LogP contribution in [-0.2, 0) is 15.0 Å². The number of piperidine rings is 1. The molecule has 0 bridgehead atoms. The number of hydrogen-bond donors (Lipinski definition) is 1. The van der Waals surface area contributed by atoms with E-state index in [0.717, 1.165) is 0 Å². The van der Waals surface area contributed by atoms with Gasteiger partial charge in [0, 0.05) is 26.2 Å². The van der Waals surface area contributed by atoms with Gasteiger partial charge in [0.2, 0.25) is 5.91 Å². The average molecular weight is 369 g/mol. The standard InChI is InChI=1S/C17H27N3O4S/c1-13(2)19(3)25(22,23)20-11-7-8-14(12-20)17(21)18-15-9-5-6-10-16(15)24-4/h5-6,9-10,13-14H,7-8,11-12H2,1-4H3,(H,18,21). The zero-order valence-electron chi connectivity index (χ0n) is 15.2. The number of anilines is 1. The summed E-state index contributed by atoms with van der Waals surface area (Å²) < 4.78 is 33.3. The third-order valence-electron chi connectivity index (χ3n) is 4.54. The number of ether oxygens (including phenoxy) is 1. The Hall–Kier alpha value is -1.64. The van der Waals surface area contributed by atoms with Gasteiger partial charge >= 0.3 is 0 Å². The summed E-state index contributed by atoms with van der Waals surface area (Å²) >= 11 is 0. The van der Waals surface area contributed by atoms with E-state index >= 15 is 0 Å². The quantitative estimate of drug-likeness (QED) is 0.831. The summed E-state index contributed by atoms with van der Waals surface area (Å²) in [5.41, 5.74) is 0.592. The second-order valence-corrected chi connectivity index (χ2v) is 8.49. The van der Waals surface area contributed by atoms with E-state index in [1.54, 1.807) is 26.3 Å². The summed E-state index contributed by atoms with van der Waals surface area (Å²) in [4.78, 5) is 12.6. The molecule has 1 aliphatic rings. The highest BCUT2D eigenvalue weighted by atomic mass is 32.2. The van der Waals surface area contributed by atoms with Crippen LogP contribution in [0.1, 0.15) is 26.7 Å². The molecule has 0 radical (unpaired) electrons. The van der Waals surface area contributed by atoms with Crippen molar-refractivity contribution in [2.24, 2.45) is 5.92 Å². The van der Waals surface area contributed by atoms with E-state index in [-0.39, 0.29) is 24.4 Å². The van der Waals surface area contributed by atoms with Gasteiger partial charge in [0.15, 0.2) is 0 Å². The zero-order valence-corrected chi connectivity index (χ0v) is 16.0. The summed E-state index contributed by atoms with van der Waals surface area (Å²) in [6.45, 7) is 4.29. The van der Waals surface area contributed by atoms with Crippen molar-refractivity contribution in [1.82, 2.24) is 8.61 Å². The van der Waals surface area contributed by atoms with Gasteiger partial charge in [-0.1, -0.05) is 12.1 Å². The van der Waals surface area contributed by atoms with Crippen LogP contribution >= 0.6 is 0 Å². The van der Waals surface area contributed by atoms with Gasteiger partial charge in [-0.05, 0) is 38.8 Å². The fourth-order valence-corrected chi connectivity index (χ4v) is 4.42. The van der Waals surface area contributed by atoms with Crippen LogP contribution in [0.25, 0.3) is 0 Å². The van der Waals surface area contributed by atoms with Crippen molar-refractivity contribution in [2.75, 3.05) is 32.6 Å². The average Bonchev–Trinajstić information content (AvgIpc) is 2.61. The van der Waals surface area contributed by atoms with Crippen LogP contribution in [0.3, 0.4) is 0 Å². The van der Waals surface area contributed by atoms with Gasteiger partial charge in [0.05, 0.1) is 18.7 Å². The maximum Gasteiger partial charge on any atom is 0.281 e. The predicted octanol–water partition coefficient (Wildman–Crippen LogP) is 1.93. The van der Waals surface area contributed by atoms with E-state index in [9.17, 15) is 13.2 Å². The van der Waals surface area contributed by atoms with Crippen LogP contribution in [-0.4, -0.2) is 56.2 Å². The minimum atomic E-state index is -3.55. The largest absolute Gasteiger partial charge is 0.495 e. The first-order chi connectivity index (χ1) is 11.8. The number of methoxy groups -OCH3 is 1. The van der Waals surface area contributed by atoms with E-state index in [4.69, 9.17) is 4.74 Å². The fraction of sp³-hybridized carbons (Fsp3) is 0.588. The lowest BCUT2D eigenvalue weighted by atomic mass is 9.98. The van der Waals surface area contributed by atoms with E-state index in [0.29, 0.717) is 30.8 Å². The molecular weight excluding hydrogens is 342 g/mol. The lowest BCUT2D eigenvalue weighted by Gasteiger charge is -2.35. The van der Waals surface area contributed by atoms with E-state index < -0.39 is 10.2 Å². The van der Waals surface area contributed by atoms with Crippen molar-refractivity contribution in [3.05, 3.63) is 24.3 Å². The van der Waals surface area contributed by atoms with Gasteiger partial charge in [0.25, 0.3) is 10.2 Å². The second kappa shape index (κ2) is 8.16. The third kappa shape index (κ3) is 4.50. The molecule has 1 fully saturated rings. The first kappa shape index (κ1) is 19.7. The zero-order chi connectivity index (χ0) is 18.6. The number of benzene rings is 1. The minimum absolute atomic E-state index is 0.132. The van der Waals surface area contributed by atoms with E-state index in [1.165, 1.54) is 8.61 Å². The molecule has 25 heavy (non-hydrogen) atoms. The maximum atomic E-state index is 12.7. The van der Waals surface area contributed by atoms with Crippen LogP contribution in [0.5, 0.6) is 5.75 Å². The highest BCUT2D eigenvalue weighted by Crippen LogP contribution is 2.26. The molecule has 0 aromatic heterocycles. The number of carbonyl (C=O) groups is 1. The molecule has 1 N–H and O–H groups in total. The molecule has 0 aliphatic carbocycles. The Morgan fingerprint density at radius 3 is 2.68 bits per heavy atom. The van der Waals surface area contributed by atoms with Crippen LogP contribution < -0.4 is 10.1 Å². The number of hydrogen-bond acceptors (Lipinski definition) is 4. The first-order valence-corrected chi connectivity index (χ1v) is 9.84. The summed E-state index contributed by atoms with van der Waals surface area (Å²) in [6.07, 6.45) is 1.33. The first-order valence-electron chi connectivity index (χ1n) is 8.44. The summed E-state index contributed by atoms with van der Waals surface area (Å²) in [5, 5.41) is 2.86. The van der Waals surface area contributed by atoms with Gasteiger partial charge < -0.3 is 10.1 Å². The minimum Gasteiger partial charge on any atom is -0.495 e. The van der Waals surface area contributed by atoms with E-state index in [2.05, 4.69) is 5.32 Å². The lowest BCUT2D eigenvalue weighted by Crippen LogP contribution is -2.50. The molecule has 1 aliphatic heterocycles. The van der Waals surface area contributed by atoms with Crippen molar-refractivity contribution >= 4 is 21.8 Å². The van der Waals surface area contributed by atoms with Crippen LogP contribution in [0.4, 0.5) is 5.69 Å². The molecular formula is C17H27N3O4S. The molecule has 0 saturated carbocycles. The summed E-state index contributed by atoms with van der Waals surface area (Å²) in [7, 11) is -0.440. The Labute approximate surface area is 150 Å². The Bertz CT molecular complexity index is 706. The molecule has 1 unspecified atom stereocenters. The monoisotopic (exact) mass is 369 g/mol. The van der Waals surface area contributed by atoms with Crippen molar-refractivity contribution in [2.45, 2.75) is 32.7 Å². The molecule has 1 aromatic rings. The molecule has 1 atom stereocenters. The van der Waals surface area contributed by atoms with Crippen LogP contribution in [0.15, 0.2) is 24.3 Å². The Kier molecular flexibility index (Phi) is 6.42. The molecule has 1 amide bonds. The molecule has 1 heterocycles. The van der Waals surface area contributed by atoms with Gasteiger partial charge in [-0.25, -0.2) is 0 Å². The number of nitrogens with one attached hydrogen (secondary N) is 1. The van der Waals surface area contributed by atoms with Crippen LogP contribution in [0, 0.1) is 5.92 Å². The Balaban J connectivity index is 2.09. The fourth-order valence-electron chi connectivity index (χ4n) is 2.80. The van der Waals surface area contributed by atoms with Crippen LogP contribution in [0.2, 0.25) is 0 Å². The highest BCUT2D eigenvalue weighted by molar-refractivity contribution is 7.86. The number of carbonyl (C=O) groups excluding carboxylic acids is 1. The SMILES string of the molecule is COc1ccccc1NC(=O)C1CCCN(S(=O)(=O)N(C)C(C)C)C1. The number of rotatable bonds is 6. The van der Waals surface area contributed by atoms with Crippen molar-refractivity contribution < 1.29 is 17.9 Å². The smallest absolute Gasteiger partial charge is 0.281 e. The molecule has 8 heteroatoms. The van der Waals surface area contributed by atoms with Gasteiger partial charge in [-0.15, -0.1) is 0 Å². The lowest BCUT2D eigenvalue weighted by molar-refractivity contribution is -0.120. The van der Waals surface area contributed by atoms with Gasteiger partial charge in [-0.3, -0.25) is 4.79 Å². The molecule has 140 valence electrons. The third-order valence-corrected chi connectivity index (χ3v) is 6.67. The number of nitrogens with zero attached hydrogens (tertiary/aromatic N) is 2. The molecule has 0 spiro atoms. The molecule has 7 nitrogen and oxygen atoms in total. The summed E-state index contributed by atoms with van der Waals surface area (Å²) in [6, 6.07) is 7.04. The highest BCUT2D eigenvalue weighted by Gasteiger charge is 2.35. The number of para-hydroxylation sites is 2. The molecule has 1 saturated heterocycles. The maximum absolute atomic E-state index is 12.7. The normalized spacial score (nSPS) is 19.2. The molecule has 1 aromatic carbocycles. The summed E-state index contributed by atoms with van der Waals surface area (Å²) in [5.74, 6) is 0.0151. The van der Waals surface area contributed by atoms with Crippen molar-refractivity contribution in [3.63, 3.8) is 0 Å². The Morgan fingerprint density at radius 1 is 1.36 bits per heavy atom. The number of amides is 1. The van der Waals surface area contributed by atoms with Gasteiger partial charge in [-0.2, -0.15) is 17.0 Å². The Morgan fingerprint density at radius 2 is 2.04 bits per heavy atom. The van der Waals surface area contributed by atoms with Crippen molar-refractivity contribution in [3.8, 4) is 5.75 Å².